The minimum atomic E-state index is 0.422. The van der Waals surface area contributed by atoms with Crippen LogP contribution in [-0.4, -0.2) is 44.1 Å². The lowest BCUT2D eigenvalue weighted by Gasteiger charge is -2.32. The lowest BCUT2D eigenvalue weighted by atomic mass is 9.94. The smallest absolute Gasteiger partial charge is 0.171 e. The number of aromatic nitrogens is 4. The molecule has 5 rings (SSSR count). The highest BCUT2D eigenvalue weighted by molar-refractivity contribution is 9.10. The summed E-state index contributed by atoms with van der Waals surface area (Å²) < 4.78 is 2.79. The van der Waals surface area contributed by atoms with Gasteiger partial charge in [0, 0.05) is 44.0 Å². The predicted molar refractivity (Wildman–Crippen MR) is 131 cm³/mol. The zero-order valence-corrected chi connectivity index (χ0v) is 19.6. The standard InChI is InChI=1S/C25H27BrN6/c26-22-17-29-32-24(28-16-20-8-4-11-27-15-20)14-23(30-25(22)32)21-9-5-12-31(18-21)13-10-19-6-2-1-3-7-19/h1-4,6-8,11,14-15,17,21,28H,5,9-10,12-13,16,18H2. The fourth-order valence-corrected chi connectivity index (χ4v) is 4.77. The van der Waals surface area contributed by atoms with Crippen LogP contribution in [0.3, 0.4) is 0 Å². The molecule has 0 spiro atoms. The number of halogens is 1. The number of benzene rings is 1. The molecule has 1 aromatic carbocycles. The number of hydrogen-bond acceptors (Lipinski definition) is 5. The normalized spacial score (nSPS) is 17.0. The lowest BCUT2D eigenvalue weighted by Crippen LogP contribution is -2.36. The first-order valence-electron chi connectivity index (χ1n) is 11.2. The van der Waals surface area contributed by atoms with Gasteiger partial charge in [-0.05, 0) is 58.9 Å². The van der Waals surface area contributed by atoms with E-state index >= 15 is 0 Å². The molecular formula is C25H27BrN6. The number of nitrogens with zero attached hydrogens (tertiary/aromatic N) is 5. The molecule has 7 heteroatoms. The molecule has 1 saturated heterocycles. The number of rotatable bonds is 7. The Hall–Kier alpha value is -2.77. The third-order valence-corrected chi connectivity index (χ3v) is 6.69. The van der Waals surface area contributed by atoms with E-state index in [-0.39, 0.29) is 0 Å². The molecule has 1 fully saturated rings. The molecule has 6 nitrogen and oxygen atoms in total. The fourth-order valence-electron chi connectivity index (χ4n) is 4.42. The Bertz CT molecular complexity index is 1160. The van der Waals surface area contributed by atoms with E-state index in [1.807, 2.05) is 23.0 Å². The fraction of sp³-hybridized carbons (Fsp3) is 0.320. The van der Waals surface area contributed by atoms with Gasteiger partial charge in [-0.25, -0.2) is 4.98 Å². The van der Waals surface area contributed by atoms with E-state index in [2.05, 4.69) is 78.7 Å². The molecule has 32 heavy (non-hydrogen) atoms. The van der Waals surface area contributed by atoms with Crippen LogP contribution in [0.2, 0.25) is 0 Å². The van der Waals surface area contributed by atoms with Crippen molar-refractivity contribution in [3.8, 4) is 0 Å². The molecule has 4 heterocycles. The van der Waals surface area contributed by atoms with Crippen LogP contribution in [0.5, 0.6) is 0 Å². The molecule has 0 saturated carbocycles. The predicted octanol–water partition coefficient (Wildman–Crippen LogP) is 4.92. The average Bonchev–Trinajstić information content (AvgIpc) is 3.23. The summed E-state index contributed by atoms with van der Waals surface area (Å²) in [5.41, 5.74) is 4.53. The minimum absolute atomic E-state index is 0.422. The van der Waals surface area contributed by atoms with Gasteiger partial charge in [0.1, 0.15) is 5.82 Å². The van der Waals surface area contributed by atoms with Crippen LogP contribution < -0.4 is 5.32 Å². The van der Waals surface area contributed by atoms with E-state index < -0.39 is 0 Å². The highest BCUT2D eigenvalue weighted by Gasteiger charge is 2.24. The second-order valence-corrected chi connectivity index (χ2v) is 9.24. The molecule has 1 aliphatic rings. The summed E-state index contributed by atoms with van der Waals surface area (Å²) in [6.07, 6.45) is 8.95. The number of nitrogens with one attached hydrogen (secondary N) is 1. The number of anilines is 1. The quantitative estimate of drug-likeness (QED) is 0.398. The largest absolute Gasteiger partial charge is 0.366 e. The maximum atomic E-state index is 5.00. The van der Waals surface area contributed by atoms with E-state index in [9.17, 15) is 0 Å². The van der Waals surface area contributed by atoms with Crippen LogP contribution in [-0.2, 0) is 13.0 Å². The summed E-state index contributed by atoms with van der Waals surface area (Å²) in [7, 11) is 0. The van der Waals surface area contributed by atoms with Gasteiger partial charge in [0.2, 0.25) is 0 Å². The number of piperidine rings is 1. The molecule has 1 atom stereocenters. The van der Waals surface area contributed by atoms with E-state index in [1.54, 1.807) is 6.20 Å². The Morgan fingerprint density at radius 1 is 1.06 bits per heavy atom. The van der Waals surface area contributed by atoms with Gasteiger partial charge in [-0.15, -0.1) is 0 Å². The number of fused-ring (bicyclic) bond motifs is 1. The van der Waals surface area contributed by atoms with Crippen molar-refractivity contribution in [2.45, 2.75) is 31.7 Å². The van der Waals surface area contributed by atoms with Gasteiger partial charge in [-0.2, -0.15) is 9.61 Å². The summed E-state index contributed by atoms with van der Waals surface area (Å²) in [5, 5.41) is 8.05. The Morgan fingerprint density at radius 2 is 1.94 bits per heavy atom. The second kappa shape index (κ2) is 9.79. The molecule has 1 aliphatic heterocycles. The van der Waals surface area contributed by atoms with Crippen molar-refractivity contribution in [3.05, 3.63) is 88.4 Å². The number of pyridine rings is 1. The Labute approximate surface area is 196 Å². The van der Waals surface area contributed by atoms with Gasteiger partial charge in [0.05, 0.1) is 16.4 Å². The van der Waals surface area contributed by atoms with Crippen LogP contribution in [0.4, 0.5) is 5.82 Å². The minimum Gasteiger partial charge on any atom is -0.366 e. The van der Waals surface area contributed by atoms with E-state index in [1.165, 1.54) is 18.4 Å². The van der Waals surface area contributed by atoms with Crippen LogP contribution in [0.25, 0.3) is 5.65 Å². The molecule has 3 aromatic heterocycles. The van der Waals surface area contributed by atoms with Crippen molar-refractivity contribution in [1.29, 1.82) is 0 Å². The highest BCUT2D eigenvalue weighted by Crippen LogP contribution is 2.30. The van der Waals surface area contributed by atoms with Gasteiger partial charge in [-0.1, -0.05) is 36.4 Å². The third kappa shape index (κ3) is 4.84. The highest BCUT2D eigenvalue weighted by atomic mass is 79.9. The topological polar surface area (TPSA) is 58.4 Å². The first-order valence-corrected chi connectivity index (χ1v) is 12.0. The second-order valence-electron chi connectivity index (χ2n) is 8.38. The van der Waals surface area contributed by atoms with Crippen molar-refractivity contribution in [1.82, 2.24) is 24.5 Å². The van der Waals surface area contributed by atoms with Crippen LogP contribution in [0.15, 0.2) is 71.6 Å². The Balaban J connectivity index is 1.34. The lowest BCUT2D eigenvalue weighted by molar-refractivity contribution is 0.208. The van der Waals surface area contributed by atoms with Gasteiger partial charge < -0.3 is 10.2 Å². The SMILES string of the molecule is Brc1cnn2c(NCc3cccnc3)cc(C3CCCN(CCc4ccccc4)C3)nc12. The van der Waals surface area contributed by atoms with Crippen LogP contribution >= 0.6 is 15.9 Å². The summed E-state index contributed by atoms with van der Waals surface area (Å²) in [6.45, 7) is 3.99. The molecule has 0 bridgehead atoms. The molecular weight excluding hydrogens is 464 g/mol. The van der Waals surface area contributed by atoms with Gasteiger partial charge in [-0.3, -0.25) is 4.98 Å². The van der Waals surface area contributed by atoms with Gasteiger partial charge in [0.15, 0.2) is 5.65 Å². The van der Waals surface area contributed by atoms with Gasteiger partial charge in [0.25, 0.3) is 0 Å². The average molecular weight is 491 g/mol. The number of likely N-dealkylation sites (tertiary alicyclic amines) is 1. The van der Waals surface area contributed by atoms with Crippen molar-refractivity contribution in [2.75, 3.05) is 25.0 Å². The van der Waals surface area contributed by atoms with Crippen molar-refractivity contribution in [2.24, 2.45) is 0 Å². The van der Waals surface area contributed by atoms with E-state index in [4.69, 9.17) is 4.98 Å². The Kier molecular flexibility index (Phi) is 6.46. The summed E-state index contributed by atoms with van der Waals surface area (Å²) in [6, 6.07) is 17.0. The zero-order chi connectivity index (χ0) is 21.8. The van der Waals surface area contributed by atoms with Crippen molar-refractivity contribution < 1.29 is 0 Å². The van der Waals surface area contributed by atoms with E-state index in [0.717, 1.165) is 53.3 Å². The maximum absolute atomic E-state index is 5.00. The van der Waals surface area contributed by atoms with Gasteiger partial charge >= 0.3 is 0 Å². The zero-order valence-electron chi connectivity index (χ0n) is 18.0. The van der Waals surface area contributed by atoms with E-state index in [0.29, 0.717) is 12.5 Å². The first kappa shape index (κ1) is 21.1. The summed E-state index contributed by atoms with van der Waals surface area (Å²) in [4.78, 5) is 11.8. The molecule has 0 amide bonds. The summed E-state index contributed by atoms with van der Waals surface area (Å²) >= 11 is 3.62. The monoisotopic (exact) mass is 490 g/mol. The molecule has 164 valence electrons. The van der Waals surface area contributed by atoms with Crippen molar-refractivity contribution in [3.63, 3.8) is 0 Å². The number of hydrogen-bond donors (Lipinski definition) is 1. The summed E-state index contributed by atoms with van der Waals surface area (Å²) in [5.74, 6) is 1.38. The first-order chi connectivity index (χ1) is 15.8. The van der Waals surface area contributed by atoms with Crippen LogP contribution in [0.1, 0.15) is 35.6 Å². The molecule has 1 N–H and O–H groups in total. The molecule has 4 aromatic rings. The Morgan fingerprint density at radius 3 is 2.78 bits per heavy atom. The molecule has 0 aliphatic carbocycles. The molecule has 1 unspecified atom stereocenters. The molecule has 0 radical (unpaired) electrons. The van der Waals surface area contributed by atoms with Crippen LogP contribution in [0, 0.1) is 0 Å². The van der Waals surface area contributed by atoms with Crippen molar-refractivity contribution >= 4 is 27.4 Å². The maximum Gasteiger partial charge on any atom is 0.171 e. The third-order valence-electron chi connectivity index (χ3n) is 6.13.